The molecule has 0 aromatic carbocycles. The first-order valence-electron chi connectivity index (χ1n) is 3.36. The highest BCUT2D eigenvalue weighted by atomic mass is 14.5. The summed E-state index contributed by atoms with van der Waals surface area (Å²) < 4.78 is 0. The molecule has 1 unspecified atom stereocenters. The van der Waals surface area contributed by atoms with E-state index in [2.05, 4.69) is 27.7 Å². The van der Waals surface area contributed by atoms with Crippen LogP contribution in [-0.2, 0) is 0 Å². The van der Waals surface area contributed by atoms with Gasteiger partial charge >= 0.3 is 0 Å². The summed E-state index contributed by atoms with van der Waals surface area (Å²) >= 11 is 0. The van der Waals surface area contributed by atoms with Gasteiger partial charge in [-0.2, -0.15) is 0 Å². The predicted molar refractivity (Wildman–Crippen MR) is 36.5 cm³/mol. The van der Waals surface area contributed by atoms with Gasteiger partial charge in [0.25, 0.3) is 0 Å². The van der Waals surface area contributed by atoms with E-state index >= 15 is 0 Å². The van der Waals surface area contributed by atoms with E-state index < -0.39 is 0 Å². The Kier molecular flexibility index (Phi) is 1.14. The van der Waals surface area contributed by atoms with Crippen LogP contribution >= 0.6 is 0 Å². The Balaban J connectivity index is 2.47. The van der Waals surface area contributed by atoms with E-state index in [4.69, 9.17) is 0 Å². The maximum absolute atomic E-state index is 2.34. The van der Waals surface area contributed by atoms with Gasteiger partial charge in [0.2, 0.25) is 0 Å². The minimum absolute atomic E-state index is 0.615. The SMILES string of the molecule is C[C]1CC(C)(C)C1C. The van der Waals surface area contributed by atoms with Crippen molar-refractivity contribution in [2.24, 2.45) is 11.3 Å². The molecule has 0 nitrogen and oxygen atoms in total. The third kappa shape index (κ3) is 0.667. The summed E-state index contributed by atoms with van der Waals surface area (Å²) in [7, 11) is 0. The van der Waals surface area contributed by atoms with Gasteiger partial charge < -0.3 is 0 Å². The number of hydrogen-bond acceptors (Lipinski definition) is 0. The first-order valence-corrected chi connectivity index (χ1v) is 3.36. The van der Waals surface area contributed by atoms with Crippen LogP contribution in [0.3, 0.4) is 0 Å². The standard InChI is InChI=1S/C8H15/c1-6-5-8(3,4)7(6)2/h7H,5H2,1-4H3. The van der Waals surface area contributed by atoms with Crippen molar-refractivity contribution >= 4 is 0 Å². The van der Waals surface area contributed by atoms with Crippen molar-refractivity contribution in [1.29, 1.82) is 0 Å². The van der Waals surface area contributed by atoms with Gasteiger partial charge in [0.05, 0.1) is 0 Å². The highest BCUT2D eigenvalue weighted by Crippen LogP contribution is 2.51. The largest absolute Gasteiger partial charge is 0.0615 e. The fourth-order valence-electron chi connectivity index (χ4n) is 1.56. The summed E-state index contributed by atoms with van der Waals surface area (Å²) in [6.07, 6.45) is 1.34. The quantitative estimate of drug-likeness (QED) is 0.451. The highest BCUT2D eigenvalue weighted by Gasteiger charge is 2.41. The Bertz CT molecular complexity index is 92.2. The van der Waals surface area contributed by atoms with Crippen LogP contribution in [0.1, 0.15) is 34.1 Å². The molecular formula is C8H15. The third-order valence-electron chi connectivity index (χ3n) is 2.65. The van der Waals surface area contributed by atoms with Crippen molar-refractivity contribution in [3.05, 3.63) is 5.92 Å². The number of rotatable bonds is 0. The maximum atomic E-state index is 2.34. The maximum Gasteiger partial charge on any atom is -0.0233 e. The summed E-state index contributed by atoms with van der Waals surface area (Å²) in [5, 5.41) is 0. The molecule has 0 spiro atoms. The minimum atomic E-state index is 0.615. The van der Waals surface area contributed by atoms with Crippen molar-refractivity contribution in [2.45, 2.75) is 34.1 Å². The van der Waals surface area contributed by atoms with E-state index in [1.165, 1.54) is 6.42 Å². The van der Waals surface area contributed by atoms with Gasteiger partial charge in [0.15, 0.2) is 0 Å². The molecule has 0 aromatic rings. The molecule has 1 fully saturated rings. The molecule has 47 valence electrons. The zero-order valence-corrected chi connectivity index (χ0v) is 6.28. The molecule has 1 rings (SSSR count). The van der Waals surface area contributed by atoms with Crippen LogP contribution in [0.4, 0.5) is 0 Å². The van der Waals surface area contributed by atoms with Crippen LogP contribution in [0.15, 0.2) is 0 Å². The molecule has 0 amide bonds. The molecule has 0 N–H and O–H groups in total. The lowest BCUT2D eigenvalue weighted by molar-refractivity contribution is 0.126. The second-order valence-electron chi connectivity index (χ2n) is 3.73. The average molecular weight is 111 g/mol. The molecule has 8 heavy (non-hydrogen) atoms. The number of hydrogen-bond donors (Lipinski definition) is 0. The van der Waals surface area contributed by atoms with Crippen LogP contribution in [-0.4, -0.2) is 0 Å². The van der Waals surface area contributed by atoms with E-state index in [9.17, 15) is 0 Å². The lowest BCUT2D eigenvalue weighted by Gasteiger charge is -2.48. The second-order valence-corrected chi connectivity index (χ2v) is 3.73. The summed E-state index contributed by atoms with van der Waals surface area (Å²) in [6, 6.07) is 0. The van der Waals surface area contributed by atoms with Crippen LogP contribution in [0.5, 0.6) is 0 Å². The normalized spacial score (nSPS) is 36.8. The van der Waals surface area contributed by atoms with E-state index in [-0.39, 0.29) is 0 Å². The summed E-state index contributed by atoms with van der Waals surface area (Å²) in [6.45, 7) is 9.25. The monoisotopic (exact) mass is 111 g/mol. The van der Waals surface area contributed by atoms with Crippen molar-refractivity contribution in [2.75, 3.05) is 0 Å². The van der Waals surface area contributed by atoms with Crippen molar-refractivity contribution in [1.82, 2.24) is 0 Å². The van der Waals surface area contributed by atoms with Crippen molar-refractivity contribution < 1.29 is 0 Å². The Morgan fingerprint density at radius 1 is 1.50 bits per heavy atom. The molecule has 0 saturated heterocycles. The van der Waals surface area contributed by atoms with Gasteiger partial charge in [0, 0.05) is 0 Å². The molecule has 0 bridgehead atoms. The summed E-state index contributed by atoms with van der Waals surface area (Å²) in [5.41, 5.74) is 0.615. The van der Waals surface area contributed by atoms with Gasteiger partial charge in [-0.25, -0.2) is 0 Å². The van der Waals surface area contributed by atoms with E-state index in [1.807, 2.05) is 0 Å². The molecule has 0 heteroatoms. The zero-order valence-electron chi connectivity index (χ0n) is 6.28. The molecular weight excluding hydrogens is 96.1 g/mol. The lowest BCUT2D eigenvalue weighted by Crippen LogP contribution is -2.38. The molecule has 0 aromatic heterocycles. The topological polar surface area (TPSA) is 0 Å². The van der Waals surface area contributed by atoms with E-state index in [0.717, 1.165) is 5.92 Å². The van der Waals surface area contributed by atoms with Crippen LogP contribution in [0.25, 0.3) is 0 Å². The van der Waals surface area contributed by atoms with E-state index in [1.54, 1.807) is 5.92 Å². The zero-order chi connectivity index (χ0) is 6.36. The Morgan fingerprint density at radius 2 is 2.00 bits per heavy atom. The first kappa shape index (κ1) is 6.12. The van der Waals surface area contributed by atoms with Crippen LogP contribution < -0.4 is 0 Å². The Hall–Kier alpha value is 0. The van der Waals surface area contributed by atoms with Crippen LogP contribution in [0, 0.1) is 17.3 Å². The van der Waals surface area contributed by atoms with Crippen LogP contribution in [0.2, 0.25) is 0 Å². The fourth-order valence-corrected chi connectivity index (χ4v) is 1.56. The Morgan fingerprint density at radius 3 is 2.00 bits per heavy atom. The second kappa shape index (κ2) is 1.49. The van der Waals surface area contributed by atoms with Gasteiger partial charge in [-0.15, -0.1) is 0 Å². The smallest absolute Gasteiger partial charge is 0.0233 e. The molecule has 1 atom stereocenters. The van der Waals surface area contributed by atoms with Crippen molar-refractivity contribution in [3.63, 3.8) is 0 Å². The van der Waals surface area contributed by atoms with Gasteiger partial charge in [0.1, 0.15) is 0 Å². The third-order valence-corrected chi connectivity index (χ3v) is 2.65. The first-order chi connectivity index (χ1) is 3.54. The van der Waals surface area contributed by atoms with Gasteiger partial charge in [-0.3, -0.25) is 0 Å². The van der Waals surface area contributed by atoms with Gasteiger partial charge in [-0.05, 0) is 23.7 Å². The van der Waals surface area contributed by atoms with Crippen molar-refractivity contribution in [3.8, 4) is 0 Å². The molecule has 1 saturated carbocycles. The predicted octanol–water partition coefficient (Wildman–Crippen LogP) is 2.65. The molecule has 1 aliphatic carbocycles. The lowest BCUT2D eigenvalue weighted by atomic mass is 9.57. The van der Waals surface area contributed by atoms with Gasteiger partial charge in [-0.1, -0.05) is 27.7 Å². The molecule has 0 heterocycles. The molecule has 1 radical (unpaired) electrons. The minimum Gasteiger partial charge on any atom is -0.0615 e. The summed E-state index contributed by atoms with van der Waals surface area (Å²) in [4.78, 5) is 0. The Labute approximate surface area is 52.3 Å². The highest BCUT2D eigenvalue weighted by molar-refractivity contribution is 5.10. The molecule has 0 aliphatic heterocycles. The van der Waals surface area contributed by atoms with E-state index in [0.29, 0.717) is 5.41 Å². The fraction of sp³-hybridized carbons (Fsp3) is 0.875. The average Bonchev–Trinajstić information content (AvgIpc) is 1.65. The molecule has 1 aliphatic rings. The summed E-state index contributed by atoms with van der Waals surface area (Å²) in [5.74, 6) is 2.54.